The predicted octanol–water partition coefficient (Wildman–Crippen LogP) is 4.23. The summed E-state index contributed by atoms with van der Waals surface area (Å²) < 4.78 is 0. The summed E-state index contributed by atoms with van der Waals surface area (Å²) in [6.45, 7) is 7.57. The van der Waals surface area contributed by atoms with Gasteiger partial charge in [-0.1, -0.05) is 50.3 Å². The van der Waals surface area contributed by atoms with E-state index in [0.717, 1.165) is 29.5 Å². The van der Waals surface area contributed by atoms with Crippen LogP contribution in [0, 0.1) is 5.92 Å². The van der Waals surface area contributed by atoms with E-state index in [2.05, 4.69) is 60.6 Å². The molecule has 0 fully saturated rings. The molecule has 0 aliphatic carbocycles. The van der Waals surface area contributed by atoms with E-state index < -0.39 is 0 Å². The fourth-order valence-corrected chi connectivity index (χ4v) is 2.71. The molecule has 4 heteroatoms. The molecule has 19 heavy (non-hydrogen) atoms. The molecule has 0 unspecified atom stereocenters. The van der Waals surface area contributed by atoms with E-state index in [9.17, 15) is 0 Å². The van der Waals surface area contributed by atoms with Crippen LogP contribution in [-0.4, -0.2) is 16.7 Å². The second-order valence-electron chi connectivity index (χ2n) is 5.14. The maximum Gasteiger partial charge on any atom is 0.206 e. The van der Waals surface area contributed by atoms with E-state index in [4.69, 9.17) is 0 Å². The first kappa shape index (κ1) is 14.0. The summed E-state index contributed by atoms with van der Waals surface area (Å²) >= 11 is 1.62. The molecular weight excluding hydrogens is 254 g/mol. The summed E-state index contributed by atoms with van der Waals surface area (Å²) in [6, 6.07) is 8.62. The van der Waals surface area contributed by atoms with Crippen LogP contribution in [0.2, 0.25) is 0 Å². The SMILES string of the molecule is CCCNc1nnc(-c2cccc(CC(C)C)c2)s1. The van der Waals surface area contributed by atoms with Gasteiger partial charge in [-0.05, 0) is 30.4 Å². The second-order valence-corrected chi connectivity index (χ2v) is 6.12. The number of benzene rings is 1. The topological polar surface area (TPSA) is 37.8 Å². The summed E-state index contributed by atoms with van der Waals surface area (Å²) in [7, 11) is 0. The average Bonchev–Trinajstić information content (AvgIpc) is 2.84. The molecule has 1 aromatic carbocycles. The Morgan fingerprint density at radius 2 is 2.11 bits per heavy atom. The van der Waals surface area contributed by atoms with Crippen molar-refractivity contribution in [2.45, 2.75) is 33.6 Å². The Kier molecular flexibility index (Phi) is 4.91. The summed E-state index contributed by atoms with van der Waals surface area (Å²) in [5, 5.41) is 13.6. The number of hydrogen-bond acceptors (Lipinski definition) is 4. The number of anilines is 1. The van der Waals surface area contributed by atoms with Crippen LogP contribution < -0.4 is 5.32 Å². The van der Waals surface area contributed by atoms with Crippen molar-refractivity contribution in [1.82, 2.24) is 10.2 Å². The zero-order valence-corrected chi connectivity index (χ0v) is 12.6. The molecule has 0 radical (unpaired) electrons. The van der Waals surface area contributed by atoms with Gasteiger partial charge in [0.05, 0.1) is 0 Å². The third-order valence-electron chi connectivity index (χ3n) is 2.77. The largest absolute Gasteiger partial charge is 0.360 e. The molecule has 1 N–H and O–H groups in total. The number of nitrogens with one attached hydrogen (secondary N) is 1. The zero-order valence-electron chi connectivity index (χ0n) is 11.8. The molecule has 102 valence electrons. The first-order valence-electron chi connectivity index (χ1n) is 6.85. The highest BCUT2D eigenvalue weighted by molar-refractivity contribution is 7.18. The average molecular weight is 275 g/mol. The van der Waals surface area contributed by atoms with Gasteiger partial charge >= 0.3 is 0 Å². The second kappa shape index (κ2) is 6.66. The van der Waals surface area contributed by atoms with Gasteiger partial charge in [0.2, 0.25) is 5.13 Å². The van der Waals surface area contributed by atoms with Crippen molar-refractivity contribution >= 4 is 16.5 Å². The molecule has 3 nitrogen and oxygen atoms in total. The first-order valence-corrected chi connectivity index (χ1v) is 7.67. The molecule has 0 spiro atoms. The molecule has 0 aliphatic rings. The lowest BCUT2D eigenvalue weighted by Crippen LogP contribution is -1.98. The van der Waals surface area contributed by atoms with E-state index in [-0.39, 0.29) is 0 Å². The number of nitrogens with zero attached hydrogens (tertiary/aromatic N) is 2. The van der Waals surface area contributed by atoms with Crippen molar-refractivity contribution in [3.63, 3.8) is 0 Å². The molecule has 0 amide bonds. The van der Waals surface area contributed by atoms with E-state index in [1.165, 1.54) is 11.1 Å². The number of hydrogen-bond donors (Lipinski definition) is 1. The van der Waals surface area contributed by atoms with Crippen molar-refractivity contribution in [1.29, 1.82) is 0 Å². The molecule has 2 rings (SSSR count). The Labute approximate surface area is 119 Å². The number of rotatable bonds is 6. The molecule has 0 aliphatic heterocycles. The fraction of sp³-hybridized carbons (Fsp3) is 0.467. The third-order valence-corrected chi connectivity index (χ3v) is 3.70. The van der Waals surface area contributed by atoms with Crippen LogP contribution in [0.3, 0.4) is 0 Å². The van der Waals surface area contributed by atoms with E-state index in [1.54, 1.807) is 11.3 Å². The van der Waals surface area contributed by atoms with Crippen molar-refractivity contribution in [3.8, 4) is 10.6 Å². The van der Waals surface area contributed by atoms with Gasteiger partial charge in [0.25, 0.3) is 0 Å². The Balaban J connectivity index is 2.14. The summed E-state index contributed by atoms with van der Waals surface area (Å²) in [6.07, 6.45) is 2.20. The molecule has 1 aromatic heterocycles. The highest BCUT2D eigenvalue weighted by Crippen LogP contribution is 2.27. The molecule has 0 bridgehead atoms. The summed E-state index contributed by atoms with van der Waals surface area (Å²) in [5.74, 6) is 0.673. The minimum atomic E-state index is 0.673. The Morgan fingerprint density at radius 1 is 1.26 bits per heavy atom. The van der Waals surface area contributed by atoms with E-state index in [0.29, 0.717) is 5.92 Å². The van der Waals surface area contributed by atoms with Crippen LogP contribution in [0.15, 0.2) is 24.3 Å². The van der Waals surface area contributed by atoms with E-state index >= 15 is 0 Å². The summed E-state index contributed by atoms with van der Waals surface area (Å²) in [5.41, 5.74) is 2.53. The van der Waals surface area contributed by atoms with Crippen LogP contribution in [0.4, 0.5) is 5.13 Å². The lowest BCUT2D eigenvalue weighted by Gasteiger charge is -2.05. The monoisotopic (exact) mass is 275 g/mol. The Morgan fingerprint density at radius 3 is 2.84 bits per heavy atom. The van der Waals surface area contributed by atoms with Gasteiger partial charge in [-0.15, -0.1) is 10.2 Å². The standard InChI is InChI=1S/C15H21N3S/c1-4-8-16-15-18-17-14(19-15)13-7-5-6-12(10-13)9-11(2)3/h5-7,10-11H,4,8-9H2,1-3H3,(H,16,18). The third kappa shape index (κ3) is 4.03. The Bertz CT molecular complexity index is 520. The smallest absolute Gasteiger partial charge is 0.206 e. The van der Waals surface area contributed by atoms with Crippen LogP contribution in [0.5, 0.6) is 0 Å². The maximum absolute atomic E-state index is 4.27. The maximum atomic E-state index is 4.27. The van der Waals surface area contributed by atoms with Gasteiger partial charge in [-0.3, -0.25) is 0 Å². The lowest BCUT2D eigenvalue weighted by atomic mass is 10.0. The van der Waals surface area contributed by atoms with Crippen LogP contribution in [0.25, 0.3) is 10.6 Å². The van der Waals surface area contributed by atoms with Gasteiger partial charge in [-0.2, -0.15) is 0 Å². The quantitative estimate of drug-likeness (QED) is 0.857. The van der Waals surface area contributed by atoms with Gasteiger partial charge in [0.1, 0.15) is 5.01 Å². The fourth-order valence-electron chi connectivity index (χ4n) is 1.95. The molecule has 0 atom stereocenters. The molecule has 1 heterocycles. The zero-order chi connectivity index (χ0) is 13.7. The predicted molar refractivity (Wildman–Crippen MR) is 82.7 cm³/mol. The highest BCUT2D eigenvalue weighted by Gasteiger charge is 2.07. The van der Waals surface area contributed by atoms with Crippen molar-refractivity contribution in [3.05, 3.63) is 29.8 Å². The van der Waals surface area contributed by atoms with Crippen molar-refractivity contribution in [2.75, 3.05) is 11.9 Å². The van der Waals surface area contributed by atoms with Gasteiger partial charge in [-0.25, -0.2) is 0 Å². The van der Waals surface area contributed by atoms with Crippen molar-refractivity contribution in [2.24, 2.45) is 5.92 Å². The molecule has 0 saturated heterocycles. The van der Waals surface area contributed by atoms with Gasteiger partial charge in [0.15, 0.2) is 0 Å². The van der Waals surface area contributed by atoms with E-state index in [1.807, 2.05) is 0 Å². The van der Waals surface area contributed by atoms with Gasteiger partial charge in [0, 0.05) is 12.1 Å². The van der Waals surface area contributed by atoms with Gasteiger partial charge < -0.3 is 5.32 Å². The minimum Gasteiger partial charge on any atom is -0.360 e. The molecular formula is C15H21N3S. The number of aromatic nitrogens is 2. The molecule has 0 saturated carbocycles. The van der Waals surface area contributed by atoms with Crippen LogP contribution >= 0.6 is 11.3 Å². The highest BCUT2D eigenvalue weighted by atomic mass is 32.1. The Hall–Kier alpha value is -1.42. The minimum absolute atomic E-state index is 0.673. The van der Waals surface area contributed by atoms with Crippen LogP contribution in [-0.2, 0) is 6.42 Å². The lowest BCUT2D eigenvalue weighted by molar-refractivity contribution is 0.647. The van der Waals surface area contributed by atoms with Crippen LogP contribution in [0.1, 0.15) is 32.8 Å². The van der Waals surface area contributed by atoms with Crippen molar-refractivity contribution < 1.29 is 0 Å². The molecule has 2 aromatic rings. The normalized spacial score (nSPS) is 10.9. The first-order chi connectivity index (χ1) is 9.19. The summed E-state index contributed by atoms with van der Waals surface area (Å²) in [4.78, 5) is 0.